The fourth-order valence-electron chi connectivity index (χ4n) is 1.15. The Labute approximate surface area is 93.5 Å². The molecule has 0 aromatic carbocycles. The fourth-order valence-corrected chi connectivity index (χ4v) is 1.64. The van der Waals surface area contributed by atoms with Gasteiger partial charge in [-0.3, -0.25) is 0 Å². The number of aryl methyl sites for hydroxylation is 1. The first-order valence-corrected chi connectivity index (χ1v) is 5.06. The first-order chi connectivity index (χ1) is 6.72. The Balaban J connectivity index is 3.17. The Kier molecular flexibility index (Phi) is 4.23. The van der Waals surface area contributed by atoms with Crippen molar-refractivity contribution in [3.8, 4) is 5.75 Å². The van der Waals surface area contributed by atoms with E-state index in [1.54, 1.807) is 13.2 Å². The van der Waals surface area contributed by atoms with Crippen LogP contribution < -0.4 is 4.74 Å². The molecule has 2 nitrogen and oxygen atoms in total. The summed E-state index contributed by atoms with van der Waals surface area (Å²) in [5.41, 5.74) is 1.69. The van der Waals surface area contributed by atoms with Crippen molar-refractivity contribution < 1.29 is 4.74 Å². The molecule has 0 saturated heterocycles. The van der Waals surface area contributed by atoms with Crippen LogP contribution in [0.3, 0.4) is 0 Å². The number of alkyl halides is 1. The van der Waals surface area contributed by atoms with Gasteiger partial charge >= 0.3 is 0 Å². The Morgan fingerprint density at radius 1 is 1.64 bits per heavy atom. The molecule has 1 aromatic rings. The first kappa shape index (κ1) is 11.3. The Morgan fingerprint density at radius 3 is 2.86 bits per heavy atom. The molecular formula is C10H11Cl2NO. The maximum absolute atomic E-state index is 5.92. The van der Waals surface area contributed by atoms with Gasteiger partial charge < -0.3 is 4.74 Å². The Morgan fingerprint density at radius 2 is 2.36 bits per heavy atom. The highest BCUT2D eigenvalue weighted by Crippen LogP contribution is 2.28. The van der Waals surface area contributed by atoms with Crippen LogP contribution in [-0.4, -0.2) is 18.0 Å². The molecule has 0 N–H and O–H groups in total. The van der Waals surface area contributed by atoms with E-state index >= 15 is 0 Å². The molecule has 0 atom stereocenters. The molecule has 0 aliphatic heterocycles. The summed E-state index contributed by atoms with van der Waals surface area (Å²) in [5, 5.41) is 0.352. The number of ether oxygens (including phenoxy) is 1. The van der Waals surface area contributed by atoms with E-state index in [0.29, 0.717) is 23.2 Å². The van der Waals surface area contributed by atoms with Gasteiger partial charge in [-0.25, -0.2) is 4.98 Å². The number of nitrogens with zero attached hydrogens (tertiary/aromatic N) is 1. The lowest BCUT2D eigenvalue weighted by Crippen LogP contribution is -1.97. The molecule has 1 aromatic heterocycles. The maximum Gasteiger partial charge on any atom is 0.171 e. The van der Waals surface area contributed by atoms with E-state index in [0.717, 1.165) is 11.3 Å². The van der Waals surface area contributed by atoms with Crippen molar-refractivity contribution >= 4 is 29.3 Å². The summed E-state index contributed by atoms with van der Waals surface area (Å²) in [5.74, 6) is 1.08. The minimum absolute atomic E-state index is 0.352. The van der Waals surface area contributed by atoms with Crippen LogP contribution in [0.25, 0.3) is 6.08 Å². The zero-order chi connectivity index (χ0) is 10.6. The molecule has 0 radical (unpaired) electrons. The average molecular weight is 232 g/mol. The van der Waals surface area contributed by atoms with E-state index in [4.69, 9.17) is 27.9 Å². The van der Waals surface area contributed by atoms with Crippen molar-refractivity contribution in [1.29, 1.82) is 0 Å². The van der Waals surface area contributed by atoms with Crippen molar-refractivity contribution in [2.45, 2.75) is 6.42 Å². The fraction of sp³-hybridized carbons (Fsp3) is 0.300. The third kappa shape index (κ3) is 2.40. The van der Waals surface area contributed by atoms with Gasteiger partial charge in [0.2, 0.25) is 0 Å². The van der Waals surface area contributed by atoms with Crippen molar-refractivity contribution in [2.24, 2.45) is 0 Å². The van der Waals surface area contributed by atoms with E-state index in [1.165, 1.54) is 0 Å². The molecule has 0 aliphatic carbocycles. The molecule has 0 bridgehead atoms. The van der Waals surface area contributed by atoms with Crippen LogP contribution >= 0.6 is 23.2 Å². The van der Waals surface area contributed by atoms with Crippen LogP contribution in [0.2, 0.25) is 5.15 Å². The van der Waals surface area contributed by atoms with E-state index in [9.17, 15) is 0 Å². The lowest BCUT2D eigenvalue weighted by Gasteiger charge is -2.08. The highest BCUT2D eigenvalue weighted by molar-refractivity contribution is 6.31. The summed E-state index contributed by atoms with van der Waals surface area (Å²) < 4.78 is 5.10. The summed E-state index contributed by atoms with van der Waals surface area (Å²) in [6.07, 6.45) is 2.37. The first-order valence-electron chi connectivity index (χ1n) is 4.14. The standard InChI is InChI=1S/C10H11Cl2NO/c1-3-7-6-8(4-5-11)13-10(12)9(7)14-2/h3,6H,1,4-5H2,2H3. The molecule has 1 rings (SSSR count). The molecule has 0 unspecified atom stereocenters. The summed E-state index contributed by atoms with van der Waals surface area (Å²) in [4.78, 5) is 4.15. The average Bonchev–Trinajstić information content (AvgIpc) is 2.17. The van der Waals surface area contributed by atoms with Gasteiger partial charge in [0.25, 0.3) is 0 Å². The van der Waals surface area contributed by atoms with E-state index in [1.807, 2.05) is 6.07 Å². The van der Waals surface area contributed by atoms with Crippen molar-refractivity contribution in [3.63, 3.8) is 0 Å². The molecule has 76 valence electrons. The zero-order valence-corrected chi connectivity index (χ0v) is 9.40. The topological polar surface area (TPSA) is 22.1 Å². The van der Waals surface area contributed by atoms with Gasteiger partial charge in [-0.1, -0.05) is 24.3 Å². The highest BCUT2D eigenvalue weighted by Gasteiger charge is 2.08. The van der Waals surface area contributed by atoms with Crippen LogP contribution in [0, 0.1) is 0 Å². The molecule has 0 aliphatic rings. The van der Waals surface area contributed by atoms with Gasteiger partial charge in [0.05, 0.1) is 7.11 Å². The molecule has 0 spiro atoms. The molecule has 0 amide bonds. The second-order valence-corrected chi connectivity index (χ2v) is 3.41. The van der Waals surface area contributed by atoms with Crippen LogP contribution in [0.5, 0.6) is 5.75 Å². The highest BCUT2D eigenvalue weighted by atomic mass is 35.5. The van der Waals surface area contributed by atoms with Gasteiger partial charge in [0.1, 0.15) is 0 Å². The second-order valence-electron chi connectivity index (χ2n) is 2.67. The summed E-state index contributed by atoms with van der Waals surface area (Å²) in [6, 6.07) is 1.88. The molecular weight excluding hydrogens is 221 g/mol. The smallest absolute Gasteiger partial charge is 0.171 e. The van der Waals surface area contributed by atoms with E-state index in [-0.39, 0.29) is 0 Å². The van der Waals surface area contributed by atoms with E-state index < -0.39 is 0 Å². The second kappa shape index (κ2) is 5.23. The predicted octanol–water partition coefficient (Wildman–Crippen LogP) is 3.17. The molecule has 0 fully saturated rings. The number of halogens is 2. The van der Waals surface area contributed by atoms with E-state index in [2.05, 4.69) is 11.6 Å². The van der Waals surface area contributed by atoms with Crippen molar-refractivity contribution in [2.75, 3.05) is 13.0 Å². The van der Waals surface area contributed by atoms with Crippen LogP contribution in [0.15, 0.2) is 12.6 Å². The molecule has 0 saturated carbocycles. The van der Waals surface area contributed by atoms with Gasteiger partial charge in [0.15, 0.2) is 10.9 Å². The Hall–Kier alpha value is -0.730. The molecule has 14 heavy (non-hydrogen) atoms. The van der Waals surface area contributed by atoms with Crippen LogP contribution in [0.1, 0.15) is 11.3 Å². The predicted molar refractivity (Wildman–Crippen MR) is 60.3 cm³/mol. The summed E-state index contributed by atoms with van der Waals surface area (Å²) >= 11 is 11.5. The zero-order valence-electron chi connectivity index (χ0n) is 7.89. The quantitative estimate of drug-likeness (QED) is 0.587. The van der Waals surface area contributed by atoms with Gasteiger partial charge in [-0.2, -0.15) is 0 Å². The number of methoxy groups -OCH3 is 1. The third-order valence-electron chi connectivity index (χ3n) is 1.79. The largest absolute Gasteiger partial charge is 0.493 e. The molecule has 1 heterocycles. The number of hydrogen-bond acceptors (Lipinski definition) is 2. The molecule has 4 heteroatoms. The third-order valence-corrected chi connectivity index (χ3v) is 2.23. The van der Waals surface area contributed by atoms with Gasteiger partial charge in [-0.05, 0) is 6.07 Å². The maximum atomic E-state index is 5.92. The SMILES string of the molecule is C=Cc1cc(CCCl)nc(Cl)c1OC. The van der Waals surface area contributed by atoms with Crippen molar-refractivity contribution in [1.82, 2.24) is 4.98 Å². The minimum Gasteiger partial charge on any atom is -0.493 e. The van der Waals surface area contributed by atoms with Gasteiger partial charge in [0, 0.05) is 23.6 Å². The van der Waals surface area contributed by atoms with Gasteiger partial charge in [-0.15, -0.1) is 11.6 Å². The lowest BCUT2D eigenvalue weighted by atomic mass is 10.2. The minimum atomic E-state index is 0.352. The number of hydrogen-bond donors (Lipinski definition) is 0. The summed E-state index contributed by atoms with van der Waals surface area (Å²) in [6.45, 7) is 3.68. The summed E-state index contributed by atoms with van der Waals surface area (Å²) in [7, 11) is 1.55. The normalized spacial score (nSPS) is 9.93. The number of aromatic nitrogens is 1. The lowest BCUT2D eigenvalue weighted by molar-refractivity contribution is 0.412. The number of rotatable bonds is 4. The monoisotopic (exact) mass is 231 g/mol. The van der Waals surface area contributed by atoms with Crippen molar-refractivity contribution in [3.05, 3.63) is 29.1 Å². The van der Waals surface area contributed by atoms with Crippen LogP contribution in [-0.2, 0) is 6.42 Å². The Bertz CT molecular complexity index is 339. The van der Waals surface area contributed by atoms with Crippen LogP contribution in [0.4, 0.5) is 0 Å². The number of pyridine rings is 1.